The third-order valence-electron chi connectivity index (χ3n) is 3.89. The molecule has 0 aliphatic heterocycles. The van der Waals surface area contributed by atoms with Crippen LogP contribution in [0.5, 0.6) is 5.75 Å². The van der Waals surface area contributed by atoms with Gasteiger partial charge in [-0.15, -0.1) is 0 Å². The van der Waals surface area contributed by atoms with Crippen molar-refractivity contribution < 1.29 is 15.0 Å². The molecule has 122 valence electrons. The van der Waals surface area contributed by atoms with Crippen molar-refractivity contribution in [1.82, 2.24) is 5.32 Å². The minimum Gasteiger partial charge on any atom is -0.505 e. The molecule has 1 aromatic rings. The van der Waals surface area contributed by atoms with Crippen LogP contribution in [-0.4, -0.2) is 22.3 Å². The molecule has 22 heavy (non-hydrogen) atoms. The number of hydrogen-bond acceptors (Lipinski definition) is 4. The number of phenolic OH excluding ortho intramolecular Hbond substituents is 1. The minimum absolute atomic E-state index is 0.133. The Bertz CT molecular complexity index is 548. The number of aliphatic hydroxyl groups excluding tert-OH is 1. The molecule has 0 bridgehead atoms. The second-order valence-electron chi connectivity index (χ2n) is 5.63. The lowest BCUT2D eigenvalue weighted by atomic mass is 9.96. The van der Waals surface area contributed by atoms with E-state index in [1.54, 1.807) is 0 Å². The molecule has 1 aromatic carbocycles. The summed E-state index contributed by atoms with van der Waals surface area (Å²) in [5.41, 5.74) is 0.409. The first-order valence-electron chi connectivity index (χ1n) is 7.40. The summed E-state index contributed by atoms with van der Waals surface area (Å²) in [5, 5.41) is 23.1. The van der Waals surface area contributed by atoms with Crippen molar-refractivity contribution in [3.8, 4) is 5.75 Å². The fourth-order valence-corrected chi connectivity index (χ4v) is 3.11. The topological polar surface area (TPSA) is 72.8 Å². The molecule has 1 atom stereocenters. The number of rotatable bonds is 3. The molecule has 1 aliphatic carbocycles. The number of benzene rings is 1. The van der Waals surface area contributed by atoms with Gasteiger partial charge in [-0.25, -0.2) is 9.10 Å². The van der Waals surface area contributed by atoms with Gasteiger partial charge in [0.2, 0.25) is 0 Å². The average Bonchev–Trinajstić information content (AvgIpc) is 2.49. The summed E-state index contributed by atoms with van der Waals surface area (Å²) in [6, 6.07) is 2.62. The Morgan fingerprint density at radius 3 is 2.64 bits per heavy atom. The van der Waals surface area contributed by atoms with Gasteiger partial charge in [-0.05, 0) is 31.9 Å². The maximum absolute atomic E-state index is 12.3. The molecular formula is C15H21ClN2O3S. The van der Waals surface area contributed by atoms with E-state index >= 15 is 0 Å². The van der Waals surface area contributed by atoms with Crippen LogP contribution in [0.15, 0.2) is 12.1 Å². The molecule has 2 rings (SSSR count). The predicted molar refractivity (Wildman–Crippen MR) is 90.6 cm³/mol. The fraction of sp³-hybridized carbons (Fsp3) is 0.533. The van der Waals surface area contributed by atoms with Crippen LogP contribution in [0.2, 0.25) is 5.02 Å². The van der Waals surface area contributed by atoms with E-state index in [0.717, 1.165) is 30.0 Å². The van der Waals surface area contributed by atoms with Gasteiger partial charge in [0.1, 0.15) is 11.4 Å². The number of urea groups is 1. The number of aromatic hydroxyl groups is 1. The standard InChI is InChI=1S/C15H21ClN2O3S/c1-9(19)12-7-10(16)8-13(14(12)20)18(22)15(21)17-11-5-3-2-4-6-11/h7-9,11,19-20,22H,2-6H2,1H3,(H,17,21). The number of amides is 2. The molecular weight excluding hydrogens is 324 g/mol. The van der Waals surface area contributed by atoms with Crippen molar-refractivity contribution in [3.63, 3.8) is 0 Å². The first-order valence-corrected chi connectivity index (χ1v) is 8.18. The number of halogens is 1. The second-order valence-corrected chi connectivity index (χ2v) is 6.47. The van der Waals surface area contributed by atoms with E-state index in [1.807, 2.05) is 0 Å². The van der Waals surface area contributed by atoms with Crippen molar-refractivity contribution in [2.24, 2.45) is 0 Å². The summed E-state index contributed by atoms with van der Waals surface area (Å²) >= 11 is 10.2. The second kappa shape index (κ2) is 7.44. The van der Waals surface area contributed by atoms with Gasteiger partial charge in [0, 0.05) is 16.6 Å². The summed E-state index contributed by atoms with van der Waals surface area (Å²) in [6.07, 6.45) is 4.41. The van der Waals surface area contributed by atoms with Gasteiger partial charge in [0.15, 0.2) is 0 Å². The third-order valence-corrected chi connectivity index (χ3v) is 4.50. The quantitative estimate of drug-likeness (QED) is 0.630. The van der Waals surface area contributed by atoms with Crippen LogP contribution in [0, 0.1) is 0 Å². The predicted octanol–water partition coefficient (Wildman–Crippen LogP) is 3.79. The highest BCUT2D eigenvalue weighted by atomic mass is 35.5. The Kier molecular flexibility index (Phi) is 5.83. The van der Waals surface area contributed by atoms with Crippen LogP contribution in [0.3, 0.4) is 0 Å². The number of phenols is 1. The molecule has 1 unspecified atom stereocenters. The number of carbonyl (C=O) groups excluding carboxylic acids is 1. The molecule has 0 heterocycles. The number of aliphatic hydroxyl groups is 1. The number of nitrogens with one attached hydrogen (secondary N) is 1. The Morgan fingerprint density at radius 2 is 2.05 bits per heavy atom. The largest absolute Gasteiger partial charge is 0.505 e. The Morgan fingerprint density at radius 1 is 1.41 bits per heavy atom. The zero-order chi connectivity index (χ0) is 16.3. The molecule has 3 N–H and O–H groups in total. The maximum Gasteiger partial charge on any atom is 0.332 e. The van der Waals surface area contributed by atoms with Gasteiger partial charge in [0.25, 0.3) is 0 Å². The molecule has 0 spiro atoms. The molecule has 1 fully saturated rings. The molecule has 7 heteroatoms. The molecule has 0 radical (unpaired) electrons. The Balaban J connectivity index is 2.17. The normalized spacial score (nSPS) is 17.1. The fourth-order valence-electron chi connectivity index (χ4n) is 2.68. The van der Waals surface area contributed by atoms with Crippen LogP contribution in [0.1, 0.15) is 50.7 Å². The van der Waals surface area contributed by atoms with Crippen molar-refractivity contribution in [1.29, 1.82) is 0 Å². The molecule has 2 amide bonds. The van der Waals surface area contributed by atoms with Crippen LogP contribution in [-0.2, 0) is 0 Å². The van der Waals surface area contributed by atoms with E-state index in [1.165, 1.54) is 25.5 Å². The van der Waals surface area contributed by atoms with Gasteiger partial charge in [-0.3, -0.25) is 0 Å². The summed E-state index contributed by atoms with van der Waals surface area (Å²) in [4.78, 5) is 12.3. The van der Waals surface area contributed by atoms with E-state index < -0.39 is 12.1 Å². The van der Waals surface area contributed by atoms with Crippen LogP contribution < -0.4 is 9.62 Å². The summed E-state index contributed by atoms with van der Waals surface area (Å²) in [7, 11) is 0. The van der Waals surface area contributed by atoms with E-state index in [0.29, 0.717) is 5.02 Å². The van der Waals surface area contributed by atoms with E-state index in [9.17, 15) is 15.0 Å². The molecule has 0 aromatic heterocycles. The van der Waals surface area contributed by atoms with Gasteiger partial charge in [0.05, 0.1) is 6.10 Å². The van der Waals surface area contributed by atoms with Gasteiger partial charge in [-0.1, -0.05) is 43.7 Å². The Hall–Kier alpha value is -1.11. The van der Waals surface area contributed by atoms with Crippen molar-refractivity contribution in [2.45, 2.75) is 51.2 Å². The number of anilines is 1. The van der Waals surface area contributed by atoms with Gasteiger partial charge in [-0.2, -0.15) is 0 Å². The monoisotopic (exact) mass is 344 g/mol. The molecule has 5 nitrogen and oxygen atoms in total. The maximum atomic E-state index is 12.3. The summed E-state index contributed by atoms with van der Waals surface area (Å²) < 4.78 is 1.03. The molecule has 1 aliphatic rings. The Labute approximate surface area is 140 Å². The highest BCUT2D eigenvalue weighted by Gasteiger charge is 2.23. The van der Waals surface area contributed by atoms with Crippen LogP contribution >= 0.6 is 24.4 Å². The lowest BCUT2D eigenvalue weighted by Gasteiger charge is -2.26. The number of carbonyl (C=O) groups is 1. The smallest absolute Gasteiger partial charge is 0.332 e. The van der Waals surface area contributed by atoms with Crippen molar-refractivity contribution in [2.75, 3.05) is 4.31 Å². The van der Waals surface area contributed by atoms with E-state index in [-0.39, 0.29) is 23.0 Å². The van der Waals surface area contributed by atoms with E-state index in [2.05, 4.69) is 18.1 Å². The van der Waals surface area contributed by atoms with Crippen molar-refractivity contribution >= 4 is 36.1 Å². The highest BCUT2D eigenvalue weighted by molar-refractivity contribution is 7.82. The van der Waals surface area contributed by atoms with E-state index in [4.69, 9.17) is 11.6 Å². The van der Waals surface area contributed by atoms with Gasteiger partial charge < -0.3 is 15.5 Å². The minimum atomic E-state index is -0.902. The number of thiol groups is 1. The summed E-state index contributed by atoms with van der Waals surface area (Å²) in [5.74, 6) is -0.201. The number of nitrogens with zero attached hydrogens (tertiary/aromatic N) is 1. The zero-order valence-corrected chi connectivity index (χ0v) is 14.1. The lowest BCUT2D eigenvalue weighted by molar-refractivity contribution is 0.195. The lowest BCUT2D eigenvalue weighted by Crippen LogP contribution is -2.42. The highest BCUT2D eigenvalue weighted by Crippen LogP contribution is 2.38. The third kappa shape index (κ3) is 4.00. The van der Waals surface area contributed by atoms with Crippen LogP contribution in [0.4, 0.5) is 10.5 Å². The summed E-state index contributed by atoms with van der Waals surface area (Å²) in [6.45, 7) is 1.51. The molecule has 1 saturated carbocycles. The van der Waals surface area contributed by atoms with Gasteiger partial charge >= 0.3 is 6.03 Å². The zero-order valence-electron chi connectivity index (χ0n) is 12.4. The van der Waals surface area contributed by atoms with Crippen molar-refractivity contribution in [3.05, 3.63) is 22.7 Å². The first kappa shape index (κ1) is 17.2. The first-order chi connectivity index (χ1) is 10.4. The average molecular weight is 345 g/mol. The SMILES string of the molecule is CC(O)c1cc(Cl)cc(N(S)C(=O)NC2CCCCC2)c1O. The number of hydrogen-bond donors (Lipinski definition) is 4. The molecule has 0 saturated heterocycles. The van der Waals surface area contributed by atoms with Crippen LogP contribution in [0.25, 0.3) is 0 Å².